The van der Waals surface area contributed by atoms with Gasteiger partial charge in [0.25, 0.3) is 0 Å². The standard InChI is InChI=1S/C15H16N4/c16-9-15(5-6-15)14-18-8-13(19-14)11-7-17-12-4-2-1-3-10(11)12/h1-4,7-8,17H,5-6,9,16H2,(H,18,19). The minimum Gasteiger partial charge on any atom is -0.360 e. The molecule has 4 N–H and O–H groups in total. The van der Waals surface area contributed by atoms with Crippen LogP contribution < -0.4 is 5.73 Å². The van der Waals surface area contributed by atoms with E-state index < -0.39 is 0 Å². The lowest BCUT2D eigenvalue weighted by atomic mass is 10.1. The number of rotatable bonds is 3. The minimum atomic E-state index is 0.115. The van der Waals surface area contributed by atoms with E-state index in [2.05, 4.69) is 33.2 Å². The van der Waals surface area contributed by atoms with E-state index in [0.29, 0.717) is 6.54 Å². The van der Waals surface area contributed by atoms with Crippen molar-refractivity contribution in [3.8, 4) is 11.3 Å². The van der Waals surface area contributed by atoms with Gasteiger partial charge in [0.1, 0.15) is 5.82 Å². The van der Waals surface area contributed by atoms with Crippen LogP contribution in [0.4, 0.5) is 0 Å². The number of nitrogens with one attached hydrogen (secondary N) is 2. The molecule has 2 aromatic heterocycles. The third-order valence-corrected chi connectivity index (χ3v) is 4.20. The van der Waals surface area contributed by atoms with Gasteiger partial charge < -0.3 is 15.7 Å². The summed E-state index contributed by atoms with van der Waals surface area (Å²) < 4.78 is 0. The Morgan fingerprint density at radius 1 is 1.26 bits per heavy atom. The summed E-state index contributed by atoms with van der Waals surface area (Å²) in [5, 5.41) is 1.22. The number of benzene rings is 1. The van der Waals surface area contributed by atoms with Gasteiger partial charge in [0.15, 0.2) is 0 Å². The lowest BCUT2D eigenvalue weighted by Gasteiger charge is -2.07. The van der Waals surface area contributed by atoms with E-state index in [4.69, 9.17) is 5.73 Å². The van der Waals surface area contributed by atoms with Gasteiger partial charge in [0, 0.05) is 34.6 Å². The van der Waals surface area contributed by atoms with Crippen molar-refractivity contribution in [2.45, 2.75) is 18.3 Å². The van der Waals surface area contributed by atoms with Gasteiger partial charge in [-0.3, -0.25) is 0 Å². The van der Waals surface area contributed by atoms with E-state index >= 15 is 0 Å². The second-order valence-electron chi connectivity index (χ2n) is 5.38. The van der Waals surface area contributed by atoms with Crippen LogP contribution in [0.15, 0.2) is 36.7 Å². The summed E-state index contributed by atoms with van der Waals surface area (Å²) in [4.78, 5) is 11.3. The van der Waals surface area contributed by atoms with Crippen molar-refractivity contribution in [1.82, 2.24) is 15.0 Å². The Morgan fingerprint density at radius 3 is 2.89 bits per heavy atom. The van der Waals surface area contributed by atoms with Crippen LogP contribution in [-0.2, 0) is 5.41 Å². The van der Waals surface area contributed by atoms with E-state index in [1.54, 1.807) is 0 Å². The smallest absolute Gasteiger partial charge is 0.114 e. The summed E-state index contributed by atoms with van der Waals surface area (Å²) in [5.74, 6) is 1.04. The molecule has 0 amide bonds. The lowest BCUT2D eigenvalue weighted by molar-refractivity contribution is 0.659. The molecule has 1 aromatic carbocycles. The van der Waals surface area contributed by atoms with Gasteiger partial charge in [-0.05, 0) is 18.9 Å². The summed E-state index contributed by atoms with van der Waals surface area (Å²) in [6.07, 6.45) is 6.24. The molecule has 4 heteroatoms. The molecular formula is C15H16N4. The topological polar surface area (TPSA) is 70.5 Å². The molecule has 4 rings (SSSR count). The first-order chi connectivity index (χ1) is 9.32. The number of aromatic nitrogens is 3. The number of fused-ring (bicyclic) bond motifs is 1. The van der Waals surface area contributed by atoms with Crippen LogP contribution in [0.1, 0.15) is 18.7 Å². The zero-order valence-corrected chi connectivity index (χ0v) is 10.6. The SMILES string of the molecule is NCC1(c2ncc(-c3c[nH]c4ccccc34)[nH]2)CC1. The normalized spacial score (nSPS) is 16.9. The predicted octanol–water partition coefficient (Wildman–Crippen LogP) is 2.55. The summed E-state index contributed by atoms with van der Waals surface area (Å²) in [5.41, 5.74) is 9.35. The average Bonchev–Trinajstić information content (AvgIpc) is 2.90. The molecule has 1 aliphatic carbocycles. The minimum absolute atomic E-state index is 0.115. The molecule has 1 saturated carbocycles. The molecule has 96 valence electrons. The van der Waals surface area contributed by atoms with Crippen molar-refractivity contribution in [2.24, 2.45) is 5.73 Å². The van der Waals surface area contributed by atoms with Gasteiger partial charge in [-0.1, -0.05) is 18.2 Å². The molecule has 3 aromatic rings. The Labute approximate surface area is 111 Å². The van der Waals surface area contributed by atoms with Crippen LogP contribution in [0, 0.1) is 0 Å². The second kappa shape index (κ2) is 3.71. The van der Waals surface area contributed by atoms with Crippen molar-refractivity contribution < 1.29 is 0 Å². The van der Waals surface area contributed by atoms with E-state index in [9.17, 15) is 0 Å². The second-order valence-corrected chi connectivity index (χ2v) is 5.38. The Kier molecular flexibility index (Phi) is 2.11. The average molecular weight is 252 g/mol. The highest BCUT2D eigenvalue weighted by Crippen LogP contribution is 2.46. The quantitative estimate of drug-likeness (QED) is 0.670. The largest absolute Gasteiger partial charge is 0.360 e. The first-order valence-electron chi connectivity index (χ1n) is 6.64. The lowest BCUT2D eigenvalue weighted by Crippen LogP contribution is -2.21. The van der Waals surface area contributed by atoms with Crippen LogP contribution in [-0.4, -0.2) is 21.5 Å². The first-order valence-corrected chi connectivity index (χ1v) is 6.64. The molecule has 0 unspecified atom stereocenters. The Hall–Kier alpha value is -2.07. The maximum Gasteiger partial charge on any atom is 0.114 e. The molecule has 0 spiro atoms. The van der Waals surface area contributed by atoms with Crippen molar-refractivity contribution in [3.63, 3.8) is 0 Å². The van der Waals surface area contributed by atoms with Gasteiger partial charge in [0.2, 0.25) is 0 Å². The van der Waals surface area contributed by atoms with Crippen molar-refractivity contribution in [1.29, 1.82) is 0 Å². The molecule has 4 nitrogen and oxygen atoms in total. The first kappa shape index (κ1) is 10.8. The van der Waals surface area contributed by atoms with E-state index in [0.717, 1.165) is 29.9 Å². The maximum atomic E-state index is 5.85. The Balaban J connectivity index is 1.81. The van der Waals surface area contributed by atoms with Crippen LogP contribution >= 0.6 is 0 Å². The van der Waals surface area contributed by atoms with Crippen molar-refractivity contribution in [2.75, 3.05) is 6.54 Å². The summed E-state index contributed by atoms with van der Waals surface area (Å²) >= 11 is 0. The molecular weight excluding hydrogens is 236 g/mol. The fraction of sp³-hybridized carbons (Fsp3) is 0.267. The molecule has 0 radical (unpaired) electrons. The number of H-pyrrole nitrogens is 2. The van der Waals surface area contributed by atoms with E-state index in [1.807, 2.05) is 18.5 Å². The summed E-state index contributed by atoms with van der Waals surface area (Å²) in [7, 11) is 0. The molecule has 0 aliphatic heterocycles. The van der Waals surface area contributed by atoms with Gasteiger partial charge >= 0.3 is 0 Å². The van der Waals surface area contributed by atoms with Crippen LogP contribution in [0.25, 0.3) is 22.2 Å². The molecule has 1 aliphatic rings. The number of imidazole rings is 1. The summed E-state index contributed by atoms with van der Waals surface area (Å²) in [6.45, 7) is 0.674. The number of hydrogen-bond donors (Lipinski definition) is 3. The number of para-hydroxylation sites is 1. The number of hydrogen-bond acceptors (Lipinski definition) is 2. The van der Waals surface area contributed by atoms with Crippen LogP contribution in [0.3, 0.4) is 0 Å². The monoisotopic (exact) mass is 252 g/mol. The zero-order valence-electron chi connectivity index (χ0n) is 10.6. The molecule has 1 fully saturated rings. The van der Waals surface area contributed by atoms with Crippen molar-refractivity contribution in [3.05, 3.63) is 42.5 Å². The van der Waals surface area contributed by atoms with Crippen molar-refractivity contribution >= 4 is 10.9 Å². The fourth-order valence-corrected chi connectivity index (χ4v) is 2.71. The van der Waals surface area contributed by atoms with Gasteiger partial charge in [-0.2, -0.15) is 0 Å². The third-order valence-electron chi connectivity index (χ3n) is 4.20. The maximum absolute atomic E-state index is 5.85. The molecule has 2 heterocycles. The predicted molar refractivity (Wildman–Crippen MR) is 75.8 cm³/mol. The highest BCUT2D eigenvalue weighted by molar-refractivity contribution is 5.94. The highest BCUT2D eigenvalue weighted by atomic mass is 15.0. The highest BCUT2D eigenvalue weighted by Gasteiger charge is 2.45. The van der Waals surface area contributed by atoms with Gasteiger partial charge in [-0.15, -0.1) is 0 Å². The van der Waals surface area contributed by atoms with Crippen LogP contribution in [0.5, 0.6) is 0 Å². The van der Waals surface area contributed by atoms with E-state index in [-0.39, 0.29) is 5.41 Å². The third kappa shape index (κ3) is 1.53. The number of nitrogens with two attached hydrogens (primary N) is 1. The molecule has 19 heavy (non-hydrogen) atoms. The molecule has 0 saturated heterocycles. The van der Waals surface area contributed by atoms with Gasteiger partial charge in [0.05, 0.1) is 11.9 Å². The van der Waals surface area contributed by atoms with Gasteiger partial charge in [-0.25, -0.2) is 4.98 Å². The number of aromatic amines is 2. The van der Waals surface area contributed by atoms with Crippen LogP contribution in [0.2, 0.25) is 0 Å². The zero-order chi connectivity index (χ0) is 12.9. The summed E-state index contributed by atoms with van der Waals surface area (Å²) in [6, 6.07) is 8.30. The number of nitrogens with zero attached hydrogens (tertiary/aromatic N) is 1. The molecule has 0 bridgehead atoms. The molecule has 0 atom stereocenters. The van der Waals surface area contributed by atoms with E-state index in [1.165, 1.54) is 10.9 Å². The fourth-order valence-electron chi connectivity index (χ4n) is 2.71. The Bertz CT molecular complexity index is 733. The Morgan fingerprint density at radius 2 is 2.11 bits per heavy atom.